The molecule has 140 valence electrons. The lowest BCUT2D eigenvalue weighted by Gasteiger charge is -2.14. The van der Waals surface area contributed by atoms with Crippen molar-refractivity contribution in [1.82, 2.24) is 0 Å². The van der Waals surface area contributed by atoms with Gasteiger partial charge < -0.3 is 14.9 Å². The number of hydrogen-bond donors (Lipinski definition) is 2. The fourth-order valence-corrected chi connectivity index (χ4v) is 2.48. The Morgan fingerprint density at radius 1 is 0.667 bits per heavy atom. The van der Waals surface area contributed by atoms with E-state index in [0.29, 0.717) is 11.1 Å². The summed E-state index contributed by atoms with van der Waals surface area (Å²) in [7, 11) is 0. The number of aliphatic carboxylic acids is 2. The number of rotatable bonds is 8. The number of carbonyl (C=O) groups excluding carboxylic acids is 2. The van der Waals surface area contributed by atoms with Gasteiger partial charge in [0.15, 0.2) is 11.8 Å². The number of esters is 2. The summed E-state index contributed by atoms with van der Waals surface area (Å²) in [5, 5.41) is 18.5. The van der Waals surface area contributed by atoms with Gasteiger partial charge in [-0.15, -0.1) is 0 Å². The Kier molecular flexibility index (Phi) is 6.82. The Morgan fingerprint density at radius 3 is 1.30 bits per heavy atom. The Balaban J connectivity index is 2.08. The maximum Gasteiger partial charge on any atom is 0.328 e. The molecule has 0 bridgehead atoms. The van der Waals surface area contributed by atoms with E-state index in [4.69, 9.17) is 0 Å². The van der Waals surface area contributed by atoms with Crippen molar-refractivity contribution in [1.29, 1.82) is 0 Å². The summed E-state index contributed by atoms with van der Waals surface area (Å²) in [6.07, 6.45) is -0.336. The van der Waals surface area contributed by atoms with Crippen molar-refractivity contribution in [2.75, 3.05) is 0 Å². The fourth-order valence-electron chi connectivity index (χ4n) is 2.48. The third-order valence-electron chi connectivity index (χ3n) is 3.93. The van der Waals surface area contributed by atoms with E-state index in [1.807, 2.05) is 0 Å². The van der Waals surface area contributed by atoms with Crippen LogP contribution in [0.2, 0.25) is 0 Å². The number of hydrogen-bond acceptors (Lipinski definition) is 5. The summed E-state index contributed by atoms with van der Waals surface area (Å²) >= 11 is 0. The molecule has 2 aromatic rings. The first-order valence-corrected chi connectivity index (χ1v) is 8.17. The molecule has 0 saturated heterocycles. The van der Waals surface area contributed by atoms with E-state index in [-0.39, 0.29) is 12.8 Å². The highest BCUT2D eigenvalue weighted by Crippen LogP contribution is 2.15. The van der Waals surface area contributed by atoms with Gasteiger partial charge in [-0.2, -0.15) is 0 Å². The van der Waals surface area contributed by atoms with Crippen LogP contribution in [0.5, 0.6) is 0 Å². The molecule has 2 atom stereocenters. The smallest absolute Gasteiger partial charge is 0.328 e. The van der Waals surface area contributed by atoms with Crippen molar-refractivity contribution in [3.05, 3.63) is 71.8 Å². The van der Waals surface area contributed by atoms with E-state index < -0.39 is 35.7 Å². The Morgan fingerprint density at radius 2 is 1.00 bits per heavy atom. The van der Waals surface area contributed by atoms with Gasteiger partial charge >= 0.3 is 23.9 Å². The van der Waals surface area contributed by atoms with Gasteiger partial charge in [0, 0.05) is 0 Å². The standard InChI is InChI=1S/C20H18O7/c21-17(22)15(11-13-7-3-1-4-8-13)19(25)27-20(26)16(18(23)24)12-14-9-5-2-6-10-14/h1-10,15-16H,11-12H2,(H,21,22)(H,23,24). The van der Waals surface area contributed by atoms with Gasteiger partial charge in [0.25, 0.3) is 0 Å². The van der Waals surface area contributed by atoms with Gasteiger partial charge in [0.05, 0.1) is 0 Å². The molecule has 0 heterocycles. The summed E-state index contributed by atoms with van der Waals surface area (Å²) in [5.41, 5.74) is 1.15. The van der Waals surface area contributed by atoms with Gasteiger partial charge in [0.2, 0.25) is 0 Å². The van der Waals surface area contributed by atoms with Gasteiger partial charge in [-0.25, -0.2) is 0 Å². The van der Waals surface area contributed by atoms with E-state index in [1.165, 1.54) is 0 Å². The molecule has 0 aliphatic carbocycles. The monoisotopic (exact) mass is 370 g/mol. The van der Waals surface area contributed by atoms with Crippen molar-refractivity contribution in [2.24, 2.45) is 11.8 Å². The van der Waals surface area contributed by atoms with E-state index in [0.717, 1.165) is 0 Å². The molecule has 0 aliphatic rings. The van der Waals surface area contributed by atoms with Crippen LogP contribution in [0.15, 0.2) is 60.7 Å². The minimum Gasteiger partial charge on any atom is -0.481 e. The number of carboxylic acids is 2. The predicted molar refractivity (Wildman–Crippen MR) is 93.6 cm³/mol. The number of carbonyl (C=O) groups is 4. The predicted octanol–water partition coefficient (Wildman–Crippen LogP) is 1.94. The van der Waals surface area contributed by atoms with E-state index in [9.17, 15) is 29.4 Å². The summed E-state index contributed by atoms with van der Waals surface area (Å²) < 4.78 is 4.60. The minimum absolute atomic E-state index is 0.168. The van der Waals surface area contributed by atoms with Crippen LogP contribution in [0.3, 0.4) is 0 Å². The van der Waals surface area contributed by atoms with Gasteiger partial charge in [-0.3, -0.25) is 19.2 Å². The molecule has 2 aromatic carbocycles. The van der Waals surface area contributed by atoms with Crippen LogP contribution in [0.4, 0.5) is 0 Å². The van der Waals surface area contributed by atoms with Crippen LogP contribution in [0.25, 0.3) is 0 Å². The number of benzene rings is 2. The molecule has 0 aromatic heterocycles. The van der Waals surface area contributed by atoms with Crippen molar-refractivity contribution in [3.63, 3.8) is 0 Å². The average Bonchev–Trinajstić information content (AvgIpc) is 2.65. The van der Waals surface area contributed by atoms with Gasteiger partial charge in [0.1, 0.15) is 0 Å². The number of carboxylic acid groups (broad SMARTS) is 2. The van der Waals surface area contributed by atoms with Crippen LogP contribution >= 0.6 is 0 Å². The average molecular weight is 370 g/mol. The van der Waals surface area contributed by atoms with Crippen molar-refractivity contribution < 1.29 is 34.1 Å². The lowest BCUT2D eigenvalue weighted by molar-refractivity contribution is -0.170. The Labute approximate surface area is 155 Å². The lowest BCUT2D eigenvalue weighted by atomic mass is 9.98. The largest absolute Gasteiger partial charge is 0.481 e. The molecule has 27 heavy (non-hydrogen) atoms. The van der Waals surface area contributed by atoms with Crippen LogP contribution < -0.4 is 0 Å². The fraction of sp³-hybridized carbons (Fsp3) is 0.200. The summed E-state index contributed by atoms with van der Waals surface area (Å²) in [6, 6.07) is 16.8. The van der Waals surface area contributed by atoms with E-state index >= 15 is 0 Å². The first-order chi connectivity index (χ1) is 12.9. The zero-order valence-electron chi connectivity index (χ0n) is 14.3. The second-order valence-corrected chi connectivity index (χ2v) is 5.90. The number of ether oxygens (including phenoxy) is 1. The maximum absolute atomic E-state index is 12.2. The van der Waals surface area contributed by atoms with Crippen LogP contribution in [0, 0.1) is 11.8 Å². The summed E-state index contributed by atoms with van der Waals surface area (Å²) in [6.45, 7) is 0. The van der Waals surface area contributed by atoms with E-state index in [1.54, 1.807) is 60.7 Å². The van der Waals surface area contributed by atoms with Crippen LogP contribution in [-0.4, -0.2) is 34.1 Å². The highest BCUT2D eigenvalue weighted by Gasteiger charge is 2.35. The molecule has 2 rings (SSSR count). The quantitative estimate of drug-likeness (QED) is 0.538. The van der Waals surface area contributed by atoms with Gasteiger partial charge in [-0.1, -0.05) is 60.7 Å². The zero-order chi connectivity index (χ0) is 19.8. The molecule has 0 saturated carbocycles. The Bertz CT molecular complexity index is 745. The molecule has 0 amide bonds. The van der Waals surface area contributed by atoms with Crippen LogP contribution in [-0.2, 0) is 36.8 Å². The first kappa shape index (κ1) is 19.8. The van der Waals surface area contributed by atoms with E-state index in [2.05, 4.69) is 4.74 Å². The molecule has 7 heteroatoms. The lowest BCUT2D eigenvalue weighted by Crippen LogP contribution is -2.35. The highest BCUT2D eigenvalue weighted by atomic mass is 16.6. The third kappa shape index (κ3) is 5.78. The molecule has 0 spiro atoms. The zero-order valence-corrected chi connectivity index (χ0v) is 14.3. The molecular weight excluding hydrogens is 352 g/mol. The van der Waals surface area contributed by atoms with Crippen molar-refractivity contribution in [2.45, 2.75) is 12.8 Å². The molecule has 0 radical (unpaired) electrons. The molecule has 2 unspecified atom stereocenters. The summed E-state index contributed by atoms with van der Waals surface area (Å²) in [4.78, 5) is 47.1. The highest BCUT2D eigenvalue weighted by molar-refractivity contribution is 6.03. The molecule has 0 aliphatic heterocycles. The second kappa shape index (κ2) is 9.28. The SMILES string of the molecule is O=C(O)C(Cc1ccccc1)C(=O)OC(=O)C(Cc1ccccc1)C(=O)O. The molecule has 7 nitrogen and oxygen atoms in total. The van der Waals surface area contributed by atoms with Crippen molar-refractivity contribution >= 4 is 23.9 Å². The topological polar surface area (TPSA) is 118 Å². The maximum atomic E-state index is 12.2. The second-order valence-electron chi connectivity index (χ2n) is 5.90. The minimum atomic E-state index is -1.61. The normalized spacial score (nSPS) is 12.6. The third-order valence-corrected chi connectivity index (χ3v) is 3.93. The molecule has 2 N–H and O–H groups in total. The van der Waals surface area contributed by atoms with Crippen LogP contribution in [0.1, 0.15) is 11.1 Å². The molecular formula is C20H18O7. The first-order valence-electron chi connectivity index (χ1n) is 8.17. The van der Waals surface area contributed by atoms with Gasteiger partial charge in [-0.05, 0) is 24.0 Å². The van der Waals surface area contributed by atoms with Crippen molar-refractivity contribution in [3.8, 4) is 0 Å². The molecule has 0 fully saturated rings. The summed E-state index contributed by atoms with van der Waals surface area (Å²) in [5.74, 6) is -8.69. The Hall–Kier alpha value is -3.48.